The van der Waals surface area contributed by atoms with Crippen molar-refractivity contribution in [1.29, 1.82) is 0 Å². The van der Waals surface area contributed by atoms with Crippen LogP contribution in [0.3, 0.4) is 0 Å². The van der Waals surface area contributed by atoms with E-state index in [9.17, 15) is 14.0 Å². The highest BCUT2D eigenvalue weighted by molar-refractivity contribution is 6.02. The fraction of sp³-hybridized carbons (Fsp3) is 0.455. The molecular formula is C11H12FNO3. The smallest absolute Gasteiger partial charge is 0.354 e. The predicted octanol–water partition coefficient (Wildman–Crippen LogP) is 1.66. The van der Waals surface area contributed by atoms with E-state index in [4.69, 9.17) is 4.74 Å². The lowest BCUT2D eigenvalue weighted by molar-refractivity contribution is 0.0520. The number of fused-ring (bicyclic) bond motifs is 1. The summed E-state index contributed by atoms with van der Waals surface area (Å²) in [5.41, 5.74) is 1.12. The molecular weight excluding hydrogens is 213 g/mol. The number of carbonyl (C=O) groups excluding carboxylic acids is 2. The third-order valence-electron chi connectivity index (χ3n) is 2.59. The van der Waals surface area contributed by atoms with Crippen LogP contribution in [0.25, 0.3) is 0 Å². The number of halogens is 1. The van der Waals surface area contributed by atoms with Crippen LogP contribution in [0.15, 0.2) is 6.07 Å². The molecule has 1 aromatic heterocycles. The van der Waals surface area contributed by atoms with Crippen molar-refractivity contribution in [2.24, 2.45) is 0 Å². The summed E-state index contributed by atoms with van der Waals surface area (Å²) in [6, 6.07) is 1.57. The number of hydrogen-bond acceptors (Lipinski definition) is 3. The van der Waals surface area contributed by atoms with Crippen LogP contribution < -0.4 is 0 Å². The number of rotatable bonds is 2. The van der Waals surface area contributed by atoms with Crippen LogP contribution in [-0.2, 0) is 11.2 Å². The Balaban J connectivity index is 2.30. The highest BCUT2D eigenvalue weighted by Gasteiger charge is 2.30. The molecule has 16 heavy (non-hydrogen) atoms. The van der Waals surface area contributed by atoms with Crippen molar-refractivity contribution in [2.75, 3.05) is 6.61 Å². The van der Waals surface area contributed by atoms with E-state index in [1.807, 2.05) is 0 Å². The minimum absolute atomic E-state index is 0.186. The van der Waals surface area contributed by atoms with Crippen molar-refractivity contribution in [3.63, 3.8) is 0 Å². The van der Waals surface area contributed by atoms with Gasteiger partial charge in [-0.2, -0.15) is 0 Å². The van der Waals surface area contributed by atoms with Gasteiger partial charge in [-0.1, -0.05) is 0 Å². The third-order valence-corrected chi connectivity index (χ3v) is 2.59. The number of aromatic nitrogens is 1. The van der Waals surface area contributed by atoms with Crippen LogP contribution in [-0.4, -0.2) is 29.5 Å². The standard InChI is InChI=1S/C11H12FNO3/c1-2-16-11(15)8-5-6-3-4-7(12)10(14)9(6)13-8/h5,7,13H,2-4H2,1H3. The molecule has 5 heteroatoms. The van der Waals surface area contributed by atoms with Crippen LogP contribution in [0, 0.1) is 0 Å². The summed E-state index contributed by atoms with van der Waals surface area (Å²) in [6.45, 7) is 1.96. The van der Waals surface area contributed by atoms with Crippen molar-refractivity contribution in [3.05, 3.63) is 23.0 Å². The van der Waals surface area contributed by atoms with E-state index in [2.05, 4.69) is 4.98 Å². The van der Waals surface area contributed by atoms with Crippen LogP contribution in [0.2, 0.25) is 0 Å². The SMILES string of the molecule is CCOC(=O)c1cc2c([nH]1)C(=O)C(F)CC2. The lowest BCUT2D eigenvalue weighted by Crippen LogP contribution is -2.23. The maximum absolute atomic E-state index is 13.1. The normalized spacial score (nSPS) is 19.4. The van der Waals surface area contributed by atoms with Gasteiger partial charge in [0, 0.05) is 0 Å². The van der Waals surface area contributed by atoms with Crippen molar-refractivity contribution >= 4 is 11.8 Å². The van der Waals surface area contributed by atoms with Gasteiger partial charge >= 0.3 is 5.97 Å². The Morgan fingerprint density at radius 1 is 1.69 bits per heavy atom. The number of carbonyl (C=O) groups is 2. The highest BCUT2D eigenvalue weighted by atomic mass is 19.1. The molecule has 1 aliphatic carbocycles. The minimum Gasteiger partial charge on any atom is -0.461 e. The molecule has 0 saturated carbocycles. The summed E-state index contributed by atoms with van der Waals surface area (Å²) in [5, 5.41) is 0. The third kappa shape index (κ3) is 1.73. The second kappa shape index (κ2) is 4.08. The van der Waals surface area contributed by atoms with E-state index in [0.29, 0.717) is 12.0 Å². The molecule has 1 aliphatic rings. The molecule has 1 aromatic rings. The lowest BCUT2D eigenvalue weighted by atomic mass is 9.95. The zero-order valence-electron chi connectivity index (χ0n) is 8.88. The molecule has 0 spiro atoms. The first-order valence-electron chi connectivity index (χ1n) is 5.20. The van der Waals surface area contributed by atoms with Gasteiger partial charge in [0.05, 0.1) is 12.3 Å². The number of alkyl halides is 1. The Hall–Kier alpha value is -1.65. The first-order valence-corrected chi connectivity index (χ1v) is 5.20. The second-order valence-electron chi connectivity index (χ2n) is 3.67. The van der Waals surface area contributed by atoms with Gasteiger partial charge < -0.3 is 9.72 Å². The van der Waals surface area contributed by atoms with Gasteiger partial charge in [-0.3, -0.25) is 4.79 Å². The van der Waals surface area contributed by atoms with Crippen LogP contribution in [0.5, 0.6) is 0 Å². The topological polar surface area (TPSA) is 59.2 Å². The number of hydrogen-bond donors (Lipinski definition) is 1. The van der Waals surface area contributed by atoms with Crippen LogP contribution in [0.4, 0.5) is 4.39 Å². The Labute approximate surface area is 91.8 Å². The molecule has 0 fully saturated rings. The quantitative estimate of drug-likeness (QED) is 0.778. The van der Waals surface area contributed by atoms with Gasteiger partial charge in [0.1, 0.15) is 5.69 Å². The predicted molar refractivity (Wildman–Crippen MR) is 54.3 cm³/mol. The molecule has 0 amide bonds. The maximum Gasteiger partial charge on any atom is 0.354 e. The van der Waals surface area contributed by atoms with E-state index in [1.54, 1.807) is 13.0 Å². The average Bonchev–Trinajstić information content (AvgIpc) is 2.69. The van der Waals surface area contributed by atoms with Gasteiger partial charge in [0.2, 0.25) is 5.78 Å². The second-order valence-corrected chi connectivity index (χ2v) is 3.67. The zero-order valence-corrected chi connectivity index (χ0v) is 8.88. The summed E-state index contributed by atoms with van der Waals surface area (Å²) in [5.74, 6) is -1.09. The minimum atomic E-state index is -1.46. The van der Waals surface area contributed by atoms with E-state index in [-0.39, 0.29) is 24.4 Å². The largest absolute Gasteiger partial charge is 0.461 e. The van der Waals surface area contributed by atoms with E-state index >= 15 is 0 Å². The summed E-state index contributed by atoms with van der Waals surface area (Å²) in [4.78, 5) is 25.5. The van der Waals surface area contributed by atoms with E-state index in [1.165, 1.54) is 0 Å². The number of ketones is 1. The summed E-state index contributed by atoms with van der Waals surface area (Å²) >= 11 is 0. The monoisotopic (exact) mass is 225 g/mol. The number of esters is 1. The molecule has 4 nitrogen and oxygen atoms in total. The number of Topliss-reactive ketones (excluding diaryl/α,β-unsaturated/α-hetero) is 1. The van der Waals surface area contributed by atoms with Gasteiger partial charge in [-0.05, 0) is 31.4 Å². The number of nitrogens with one attached hydrogen (secondary N) is 1. The fourth-order valence-electron chi connectivity index (χ4n) is 1.80. The van der Waals surface area contributed by atoms with Crippen molar-refractivity contribution in [2.45, 2.75) is 25.9 Å². The molecule has 0 saturated heterocycles. The Morgan fingerprint density at radius 3 is 3.12 bits per heavy atom. The van der Waals surface area contributed by atoms with Gasteiger partial charge in [0.15, 0.2) is 6.17 Å². The van der Waals surface area contributed by atoms with Crippen molar-refractivity contribution < 1.29 is 18.7 Å². The van der Waals surface area contributed by atoms with Gasteiger partial charge in [-0.15, -0.1) is 0 Å². The molecule has 1 atom stereocenters. The Kier molecular flexibility index (Phi) is 2.77. The zero-order chi connectivity index (χ0) is 11.7. The molecule has 1 N–H and O–H groups in total. The van der Waals surface area contributed by atoms with E-state index < -0.39 is 17.9 Å². The first kappa shape index (κ1) is 10.9. The summed E-state index contributed by atoms with van der Waals surface area (Å²) in [7, 11) is 0. The van der Waals surface area contributed by atoms with E-state index in [0.717, 1.165) is 0 Å². The molecule has 0 aliphatic heterocycles. The Morgan fingerprint density at radius 2 is 2.44 bits per heavy atom. The maximum atomic E-state index is 13.1. The summed E-state index contributed by atoms with van der Waals surface area (Å²) < 4.78 is 17.9. The fourth-order valence-corrected chi connectivity index (χ4v) is 1.80. The lowest BCUT2D eigenvalue weighted by Gasteiger charge is -2.13. The molecule has 1 heterocycles. The summed E-state index contributed by atoms with van der Waals surface area (Å²) in [6.07, 6.45) is -0.800. The average molecular weight is 225 g/mol. The molecule has 2 rings (SSSR count). The number of H-pyrrole nitrogens is 1. The van der Waals surface area contributed by atoms with Crippen molar-refractivity contribution in [1.82, 2.24) is 4.98 Å². The molecule has 0 radical (unpaired) electrons. The highest BCUT2D eigenvalue weighted by Crippen LogP contribution is 2.24. The van der Waals surface area contributed by atoms with Crippen LogP contribution in [0.1, 0.15) is 39.9 Å². The number of ether oxygens (including phenoxy) is 1. The van der Waals surface area contributed by atoms with Crippen LogP contribution >= 0.6 is 0 Å². The van der Waals surface area contributed by atoms with Gasteiger partial charge in [0.25, 0.3) is 0 Å². The molecule has 0 bridgehead atoms. The molecule has 86 valence electrons. The number of aromatic amines is 1. The van der Waals surface area contributed by atoms with Gasteiger partial charge in [-0.25, -0.2) is 9.18 Å². The molecule has 0 aromatic carbocycles. The number of aryl methyl sites for hydroxylation is 1. The molecule has 1 unspecified atom stereocenters. The Bertz CT molecular complexity index is 438. The first-order chi connectivity index (χ1) is 7.63. The van der Waals surface area contributed by atoms with Crippen molar-refractivity contribution in [3.8, 4) is 0 Å².